The van der Waals surface area contributed by atoms with Crippen molar-refractivity contribution in [3.8, 4) is 0 Å². The second-order valence-electron chi connectivity index (χ2n) is 4.38. The lowest BCUT2D eigenvalue weighted by Gasteiger charge is -2.19. The van der Waals surface area contributed by atoms with Crippen LogP contribution in [0.5, 0.6) is 0 Å². The van der Waals surface area contributed by atoms with Crippen molar-refractivity contribution in [1.29, 1.82) is 0 Å². The zero-order chi connectivity index (χ0) is 13.8. The third-order valence-electron chi connectivity index (χ3n) is 3.01. The van der Waals surface area contributed by atoms with Gasteiger partial charge in [-0.05, 0) is 31.2 Å². The molecule has 3 nitrogen and oxygen atoms in total. The molecular formula is C14H17ClFN3. The van der Waals surface area contributed by atoms with Crippen LogP contribution >= 0.6 is 11.6 Å². The summed E-state index contributed by atoms with van der Waals surface area (Å²) in [5.74, 6) is -0.254. The smallest absolute Gasteiger partial charge is 0.123 e. The second kappa shape index (κ2) is 6.17. The highest BCUT2D eigenvalue weighted by atomic mass is 35.5. The monoisotopic (exact) mass is 281 g/mol. The highest BCUT2D eigenvalue weighted by Gasteiger charge is 2.20. The number of halogens is 2. The van der Waals surface area contributed by atoms with Crippen molar-refractivity contribution in [2.75, 3.05) is 7.05 Å². The Morgan fingerprint density at radius 2 is 2.26 bits per heavy atom. The van der Waals surface area contributed by atoms with Crippen molar-refractivity contribution in [3.05, 3.63) is 52.6 Å². The molecule has 0 bridgehead atoms. The summed E-state index contributed by atoms with van der Waals surface area (Å²) < 4.78 is 15.2. The standard InChI is InChI=1S/C14H17ClFN3/c1-3-7-19-14(12(15)9-18-19)13(17-2)10-5-4-6-11(16)8-10/h4-6,8-9,13,17H,3,7H2,1-2H3. The van der Waals surface area contributed by atoms with Gasteiger partial charge in [-0.2, -0.15) is 5.10 Å². The van der Waals surface area contributed by atoms with Gasteiger partial charge in [-0.3, -0.25) is 4.68 Å². The van der Waals surface area contributed by atoms with E-state index in [0.717, 1.165) is 24.2 Å². The first-order chi connectivity index (χ1) is 9.17. The van der Waals surface area contributed by atoms with Crippen LogP contribution in [0.4, 0.5) is 4.39 Å². The van der Waals surface area contributed by atoms with Gasteiger partial charge in [0.15, 0.2) is 0 Å². The number of nitrogens with one attached hydrogen (secondary N) is 1. The van der Waals surface area contributed by atoms with Crippen molar-refractivity contribution in [1.82, 2.24) is 15.1 Å². The zero-order valence-electron chi connectivity index (χ0n) is 11.0. The van der Waals surface area contributed by atoms with Crippen LogP contribution in [0, 0.1) is 5.82 Å². The molecule has 0 spiro atoms. The van der Waals surface area contributed by atoms with Crippen LogP contribution in [0.1, 0.15) is 30.6 Å². The van der Waals surface area contributed by atoms with E-state index in [-0.39, 0.29) is 11.9 Å². The third kappa shape index (κ3) is 2.96. The summed E-state index contributed by atoms with van der Waals surface area (Å²) in [6.07, 6.45) is 2.60. The Balaban J connectivity index is 2.44. The molecule has 0 radical (unpaired) electrons. The van der Waals surface area contributed by atoms with Gasteiger partial charge in [-0.25, -0.2) is 4.39 Å². The topological polar surface area (TPSA) is 29.9 Å². The molecule has 0 amide bonds. The first-order valence-electron chi connectivity index (χ1n) is 6.31. The van der Waals surface area contributed by atoms with Crippen molar-refractivity contribution >= 4 is 11.6 Å². The van der Waals surface area contributed by atoms with E-state index >= 15 is 0 Å². The summed E-state index contributed by atoms with van der Waals surface area (Å²) in [7, 11) is 1.83. The van der Waals surface area contributed by atoms with E-state index in [0.29, 0.717) is 5.02 Å². The Kier molecular flexibility index (Phi) is 4.56. The lowest BCUT2D eigenvalue weighted by atomic mass is 10.0. The van der Waals surface area contributed by atoms with Gasteiger partial charge in [-0.1, -0.05) is 30.7 Å². The van der Waals surface area contributed by atoms with E-state index in [4.69, 9.17) is 11.6 Å². The maximum Gasteiger partial charge on any atom is 0.123 e. The summed E-state index contributed by atoms with van der Waals surface area (Å²) in [6.45, 7) is 2.87. The molecule has 1 aromatic heterocycles. The molecule has 2 rings (SSSR count). The van der Waals surface area contributed by atoms with E-state index in [1.165, 1.54) is 12.1 Å². The molecule has 2 aromatic rings. The summed E-state index contributed by atoms with van der Waals surface area (Å²) >= 11 is 6.23. The minimum Gasteiger partial charge on any atom is -0.308 e. The summed E-state index contributed by atoms with van der Waals surface area (Å²) in [5.41, 5.74) is 1.71. The third-order valence-corrected chi connectivity index (χ3v) is 3.30. The molecule has 0 saturated carbocycles. The van der Waals surface area contributed by atoms with Crippen LogP contribution in [0.25, 0.3) is 0 Å². The molecule has 5 heteroatoms. The van der Waals surface area contributed by atoms with Gasteiger partial charge in [0.1, 0.15) is 5.82 Å². The number of aromatic nitrogens is 2. The molecule has 1 unspecified atom stereocenters. The van der Waals surface area contributed by atoms with Gasteiger partial charge in [0.05, 0.1) is 23.0 Å². The van der Waals surface area contributed by atoms with Gasteiger partial charge in [0.2, 0.25) is 0 Å². The second-order valence-corrected chi connectivity index (χ2v) is 4.78. The number of hydrogen-bond acceptors (Lipinski definition) is 2. The van der Waals surface area contributed by atoms with Gasteiger partial charge in [-0.15, -0.1) is 0 Å². The van der Waals surface area contributed by atoms with E-state index in [2.05, 4.69) is 17.3 Å². The SMILES string of the molecule is CCCn1ncc(Cl)c1C(NC)c1cccc(F)c1. The molecule has 1 heterocycles. The average Bonchev–Trinajstić information content (AvgIpc) is 2.74. The predicted molar refractivity (Wildman–Crippen MR) is 74.8 cm³/mol. The summed E-state index contributed by atoms with van der Waals surface area (Å²) in [5, 5.41) is 8.04. The molecule has 102 valence electrons. The average molecular weight is 282 g/mol. The van der Waals surface area contributed by atoms with Gasteiger partial charge >= 0.3 is 0 Å². The van der Waals surface area contributed by atoms with Gasteiger partial charge < -0.3 is 5.32 Å². The van der Waals surface area contributed by atoms with Crippen LogP contribution in [0.2, 0.25) is 5.02 Å². The molecule has 0 aliphatic heterocycles. The van der Waals surface area contributed by atoms with E-state index in [1.807, 2.05) is 17.8 Å². The Bertz CT molecular complexity index is 553. The molecule has 0 saturated heterocycles. The quantitative estimate of drug-likeness (QED) is 0.910. The zero-order valence-corrected chi connectivity index (χ0v) is 11.8. The highest BCUT2D eigenvalue weighted by Crippen LogP contribution is 2.28. The van der Waals surface area contributed by atoms with E-state index in [9.17, 15) is 4.39 Å². The predicted octanol–water partition coefficient (Wildman–Crippen LogP) is 3.39. The maximum absolute atomic E-state index is 13.4. The number of nitrogens with zero attached hydrogens (tertiary/aromatic N) is 2. The first-order valence-corrected chi connectivity index (χ1v) is 6.69. The van der Waals surface area contributed by atoms with Gasteiger partial charge in [0.25, 0.3) is 0 Å². The minimum absolute atomic E-state index is 0.169. The molecule has 19 heavy (non-hydrogen) atoms. The normalized spacial score (nSPS) is 12.6. The fourth-order valence-corrected chi connectivity index (χ4v) is 2.45. The van der Waals surface area contributed by atoms with Crippen molar-refractivity contribution in [2.24, 2.45) is 0 Å². The van der Waals surface area contributed by atoms with Crippen LogP contribution in [-0.4, -0.2) is 16.8 Å². The van der Waals surface area contributed by atoms with Crippen molar-refractivity contribution < 1.29 is 4.39 Å². The Morgan fingerprint density at radius 3 is 2.89 bits per heavy atom. The fourth-order valence-electron chi connectivity index (χ4n) is 2.20. The largest absolute Gasteiger partial charge is 0.308 e. The van der Waals surface area contributed by atoms with Crippen LogP contribution < -0.4 is 5.32 Å². The molecule has 1 N–H and O–H groups in total. The maximum atomic E-state index is 13.4. The fraction of sp³-hybridized carbons (Fsp3) is 0.357. The van der Waals surface area contributed by atoms with Crippen LogP contribution in [0.3, 0.4) is 0 Å². The van der Waals surface area contributed by atoms with Crippen molar-refractivity contribution in [2.45, 2.75) is 25.9 Å². The summed E-state index contributed by atoms with van der Waals surface area (Å²) in [6, 6.07) is 6.35. The number of hydrogen-bond donors (Lipinski definition) is 1. The molecule has 0 fully saturated rings. The molecule has 1 aromatic carbocycles. The molecule has 0 aliphatic rings. The Labute approximate surface area is 117 Å². The van der Waals surface area contributed by atoms with Crippen molar-refractivity contribution in [3.63, 3.8) is 0 Å². The molecule has 0 aliphatic carbocycles. The Morgan fingerprint density at radius 1 is 1.47 bits per heavy atom. The lowest BCUT2D eigenvalue weighted by Crippen LogP contribution is -2.22. The number of aryl methyl sites for hydroxylation is 1. The minimum atomic E-state index is -0.254. The van der Waals surface area contributed by atoms with E-state index < -0.39 is 0 Å². The number of benzene rings is 1. The lowest BCUT2D eigenvalue weighted by molar-refractivity contribution is 0.532. The van der Waals surface area contributed by atoms with Crippen LogP contribution in [0.15, 0.2) is 30.5 Å². The van der Waals surface area contributed by atoms with Gasteiger partial charge in [0, 0.05) is 6.54 Å². The summed E-state index contributed by atoms with van der Waals surface area (Å²) in [4.78, 5) is 0. The van der Waals surface area contributed by atoms with E-state index in [1.54, 1.807) is 12.3 Å². The molecular weight excluding hydrogens is 265 g/mol. The Hall–Kier alpha value is -1.39. The van der Waals surface area contributed by atoms with Crippen LogP contribution in [-0.2, 0) is 6.54 Å². The first kappa shape index (κ1) is 14.0. The highest BCUT2D eigenvalue weighted by molar-refractivity contribution is 6.31. The number of rotatable bonds is 5. The molecule has 1 atom stereocenters.